The van der Waals surface area contributed by atoms with Gasteiger partial charge in [0.2, 0.25) is 5.91 Å². The summed E-state index contributed by atoms with van der Waals surface area (Å²) in [7, 11) is -3.07. The fraction of sp³-hybridized carbons (Fsp3) is 0.714. The Bertz CT molecular complexity index is 595. The minimum Gasteiger partial charge on any atom is -0.338 e. The highest BCUT2D eigenvalue weighted by Gasteiger charge is 2.29. The van der Waals surface area contributed by atoms with Crippen LogP contribution in [0.5, 0.6) is 0 Å². The first-order chi connectivity index (χ1) is 9.89. The second kappa shape index (κ2) is 6.87. The summed E-state index contributed by atoms with van der Waals surface area (Å²) >= 11 is 1.50. The van der Waals surface area contributed by atoms with E-state index in [4.69, 9.17) is 0 Å². The largest absolute Gasteiger partial charge is 0.338 e. The number of hydrogen-bond donors (Lipinski definition) is 0. The molecule has 0 saturated carbocycles. The standard InChI is InChI=1S/C14H22N2O3S2/c1-3-11-9-20-13(15-11)8-14(17)16-7-5-4-6-12(16)10-21(2,18)19/h9,12H,3-8,10H2,1-2H3. The number of carbonyl (C=O) groups is 1. The number of piperidine rings is 1. The molecule has 1 atom stereocenters. The van der Waals surface area contributed by atoms with E-state index < -0.39 is 9.84 Å². The topological polar surface area (TPSA) is 67.3 Å². The quantitative estimate of drug-likeness (QED) is 0.824. The third-order valence-electron chi connectivity index (χ3n) is 3.71. The molecular formula is C14H22N2O3S2. The van der Waals surface area contributed by atoms with Crippen LogP contribution in [0.25, 0.3) is 0 Å². The zero-order valence-corrected chi connectivity index (χ0v) is 14.2. The van der Waals surface area contributed by atoms with Gasteiger partial charge in [0.25, 0.3) is 0 Å². The lowest BCUT2D eigenvalue weighted by Crippen LogP contribution is -2.47. The Morgan fingerprint density at radius 3 is 2.86 bits per heavy atom. The van der Waals surface area contributed by atoms with Crippen LogP contribution in [0.2, 0.25) is 0 Å². The van der Waals surface area contributed by atoms with Crippen LogP contribution >= 0.6 is 11.3 Å². The van der Waals surface area contributed by atoms with Crippen molar-refractivity contribution < 1.29 is 13.2 Å². The van der Waals surface area contributed by atoms with Gasteiger partial charge in [-0.15, -0.1) is 11.3 Å². The zero-order chi connectivity index (χ0) is 15.5. The lowest BCUT2D eigenvalue weighted by Gasteiger charge is -2.35. The van der Waals surface area contributed by atoms with Crippen molar-refractivity contribution in [2.75, 3.05) is 18.6 Å². The van der Waals surface area contributed by atoms with E-state index in [0.717, 1.165) is 36.4 Å². The highest BCUT2D eigenvalue weighted by molar-refractivity contribution is 7.90. The molecule has 5 nitrogen and oxygen atoms in total. The van der Waals surface area contributed by atoms with Crippen LogP contribution in [0.1, 0.15) is 36.9 Å². The highest BCUT2D eigenvalue weighted by atomic mass is 32.2. The summed E-state index contributed by atoms with van der Waals surface area (Å²) in [6.45, 7) is 2.69. The fourth-order valence-electron chi connectivity index (χ4n) is 2.68. The van der Waals surface area contributed by atoms with Crippen LogP contribution in [0.15, 0.2) is 5.38 Å². The number of aryl methyl sites for hydroxylation is 1. The number of aromatic nitrogens is 1. The molecule has 0 spiro atoms. The van der Waals surface area contributed by atoms with Gasteiger partial charge in [0.1, 0.15) is 14.8 Å². The normalized spacial score (nSPS) is 19.7. The fourth-order valence-corrected chi connectivity index (χ4v) is 4.59. The number of likely N-dealkylation sites (tertiary alicyclic amines) is 1. The van der Waals surface area contributed by atoms with Gasteiger partial charge in [-0.25, -0.2) is 13.4 Å². The number of nitrogens with zero attached hydrogens (tertiary/aromatic N) is 2. The molecular weight excluding hydrogens is 308 g/mol. The summed E-state index contributed by atoms with van der Waals surface area (Å²) in [4.78, 5) is 18.6. The molecule has 1 fully saturated rings. The van der Waals surface area contributed by atoms with Crippen LogP contribution in [0, 0.1) is 0 Å². The van der Waals surface area contributed by atoms with E-state index in [1.165, 1.54) is 17.6 Å². The van der Waals surface area contributed by atoms with Crippen molar-refractivity contribution >= 4 is 27.1 Å². The van der Waals surface area contributed by atoms with Gasteiger partial charge in [-0.2, -0.15) is 0 Å². The van der Waals surface area contributed by atoms with Crippen LogP contribution in [-0.2, 0) is 27.5 Å². The number of sulfone groups is 1. The van der Waals surface area contributed by atoms with Crippen LogP contribution in [-0.4, -0.2) is 48.8 Å². The maximum atomic E-state index is 12.5. The lowest BCUT2D eigenvalue weighted by atomic mass is 10.0. The van der Waals surface area contributed by atoms with Gasteiger partial charge in [-0.3, -0.25) is 4.79 Å². The zero-order valence-electron chi connectivity index (χ0n) is 12.5. The van der Waals surface area contributed by atoms with Crippen molar-refractivity contribution in [3.63, 3.8) is 0 Å². The molecule has 1 amide bonds. The van der Waals surface area contributed by atoms with E-state index in [1.54, 1.807) is 4.90 Å². The van der Waals surface area contributed by atoms with Crippen molar-refractivity contribution in [2.24, 2.45) is 0 Å². The molecule has 1 aromatic rings. The Labute approximate surface area is 130 Å². The summed E-state index contributed by atoms with van der Waals surface area (Å²) in [5.41, 5.74) is 1.01. The van der Waals surface area contributed by atoms with Gasteiger partial charge in [-0.05, 0) is 25.7 Å². The van der Waals surface area contributed by atoms with E-state index in [0.29, 0.717) is 6.54 Å². The molecule has 2 rings (SSSR count). The van der Waals surface area contributed by atoms with Gasteiger partial charge in [-0.1, -0.05) is 6.92 Å². The Balaban J connectivity index is 2.04. The number of amides is 1. The average Bonchev–Trinajstić information content (AvgIpc) is 2.85. The predicted octanol–water partition coefficient (Wildman–Crippen LogP) is 1.67. The molecule has 0 aromatic carbocycles. The van der Waals surface area contributed by atoms with Crippen molar-refractivity contribution in [1.29, 1.82) is 0 Å². The Morgan fingerprint density at radius 2 is 2.24 bits per heavy atom. The minimum atomic E-state index is -3.07. The minimum absolute atomic E-state index is 0.000327. The number of hydrogen-bond acceptors (Lipinski definition) is 5. The maximum Gasteiger partial charge on any atom is 0.229 e. The van der Waals surface area contributed by atoms with Gasteiger partial charge in [0.05, 0.1) is 17.9 Å². The molecule has 7 heteroatoms. The second-order valence-electron chi connectivity index (χ2n) is 5.59. The molecule has 1 aliphatic rings. The smallest absolute Gasteiger partial charge is 0.229 e. The summed E-state index contributed by atoms with van der Waals surface area (Å²) in [5.74, 6) is 0.0666. The monoisotopic (exact) mass is 330 g/mol. The van der Waals surface area contributed by atoms with Crippen molar-refractivity contribution in [3.8, 4) is 0 Å². The molecule has 0 aliphatic carbocycles. The van der Waals surface area contributed by atoms with E-state index >= 15 is 0 Å². The highest BCUT2D eigenvalue weighted by Crippen LogP contribution is 2.20. The maximum absolute atomic E-state index is 12.5. The molecule has 0 radical (unpaired) electrons. The second-order valence-corrected chi connectivity index (χ2v) is 8.72. The molecule has 1 aromatic heterocycles. The molecule has 0 N–H and O–H groups in total. The van der Waals surface area contributed by atoms with Crippen LogP contribution in [0.4, 0.5) is 0 Å². The SMILES string of the molecule is CCc1csc(CC(=O)N2CCCCC2CS(C)(=O)=O)n1. The summed E-state index contributed by atoms with van der Waals surface area (Å²) < 4.78 is 23.0. The number of rotatable bonds is 5. The molecule has 0 bridgehead atoms. The molecule has 2 heterocycles. The lowest BCUT2D eigenvalue weighted by molar-refractivity contribution is -0.133. The Morgan fingerprint density at radius 1 is 1.48 bits per heavy atom. The summed E-state index contributed by atoms with van der Waals surface area (Å²) in [5, 5.41) is 2.80. The molecule has 118 valence electrons. The van der Waals surface area contributed by atoms with E-state index in [-0.39, 0.29) is 24.1 Å². The third-order valence-corrected chi connectivity index (χ3v) is 5.59. The Hall–Kier alpha value is -0.950. The Kier molecular flexibility index (Phi) is 5.37. The van der Waals surface area contributed by atoms with E-state index in [9.17, 15) is 13.2 Å². The number of carbonyl (C=O) groups excluding carboxylic acids is 1. The van der Waals surface area contributed by atoms with Crippen molar-refractivity contribution in [2.45, 2.75) is 45.1 Å². The van der Waals surface area contributed by atoms with Gasteiger partial charge in [0.15, 0.2) is 0 Å². The molecule has 21 heavy (non-hydrogen) atoms. The van der Waals surface area contributed by atoms with Crippen LogP contribution < -0.4 is 0 Å². The predicted molar refractivity (Wildman–Crippen MR) is 84.3 cm³/mol. The van der Waals surface area contributed by atoms with Gasteiger partial charge < -0.3 is 4.90 Å². The molecule has 1 aliphatic heterocycles. The third kappa shape index (κ3) is 4.78. The number of thiazole rings is 1. The first-order valence-electron chi connectivity index (χ1n) is 7.29. The molecule has 1 unspecified atom stereocenters. The average molecular weight is 330 g/mol. The molecule has 1 saturated heterocycles. The summed E-state index contributed by atoms with van der Waals surface area (Å²) in [6.07, 6.45) is 5.09. The van der Waals surface area contributed by atoms with E-state index in [2.05, 4.69) is 4.98 Å². The van der Waals surface area contributed by atoms with Gasteiger partial charge in [0, 0.05) is 24.2 Å². The van der Waals surface area contributed by atoms with Crippen molar-refractivity contribution in [3.05, 3.63) is 16.1 Å². The van der Waals surface area contributed by atoms with Gasteiger partial charge >= 0.3 is 0 Å². The van der Waals surface area contributed by atoms with Crippen molar-refractivity contribution in [1.82, 2.24) is 9.88 Å². The summed E-state index contributed by atoms with van der Waals surface area (Å²) in [6, 6.07) is -0.174. The van der Waals surface area contributed by atoms with E-state index in [1.807, 2.05) is 12.3 Å². The van der Waals surface area contributed by atoms with Crippen LogP contribution in [0.3, 0.4) is 0 Å². The first-order valence-corrected chi connectivity index (χ1v) is 10.2. The first kappa shape index (κ1) is 16.4.